The SMILES string of the molecule is CN=C(NCCN1CCCCCC1)NCC1CCCS1. The lowest BCUT2D eigenvalue weighted by Crippen LogP contribution is -2.43. The van der Waals surface area contributed by atoms with Crippen LogP contribution in [0.25, 0.3) is 0 Å². The number of hydrogen-bond donors (Lipinski definition) is 2. The molecule has 2 saturated heterocycles. The van der Waals surface area contributed by atoms with E-state index in [9.17, 15) is 0 Å². The van der Waals surface area contributed by atoms with E-state index in [0.29, 0.717) is 0 Å². The number of thioether (sulfide) groups is 1. The third kappa shape index (κ3) is 5.92. The van der Waals surface area contributed by atoms with E-state index in [1.54, 1.807) is 0 Å². The van der Waals surface area contributed by atoms with Crippen molar-refractivity contribution in [1.82, 2.24) is 15.5 Å². The van der Waals surface area contributed by atoms with Crippen LogP contribution in [-0.2, 0) is 0 Å². The van der Waals surface area contributed by atoms with E-state index in [1.807, 2.05) is 7.05 Å². The highest BCUT2D eigenvalue weighted by Gasteiger charge is 2.15. The monoisotopic (exact) mass is 298 g/mol. The first-order chi connectivity index (χ1) is 9.88. The summed E-state index contributed by atoms with van der Waals surface area (Å²) in [6.07, 6.45) is 8.27. The first-order valence-electron chi connectivity index (χ1n) is 8.17. The van der Waals surface area contributed by atoms with Crippen molar-refractivity contribution in [3.8, 4) is 0 Å². The summed E-state index contributed by atoms with van der Waals surface area (Å²) in [6.45, 7) is 5.73. The van der Waals surface area contributed by atoms with Gasteiger partial charge in [0.2, 0.25) is 0 Å². The molecule has 1 unspecified atom stereocenters. The number of hydrogen-bond acceptors (Lipinski definition) is 3. The Kier molecular flexibility index (Phi) is 7.58. The molecule has 4 nitrogen and oxygen atoms in total. The molecule has 2 aliphatic rings. The molecular weight excluding hydrogens is 268 g/mol. The lowest BCUT2D eigenvalue weighted by atomic mass is 10.2. The van der Waals surface area contributed by atoms with Gasteiger partial charge in [-0.15, -0.1) is 0 Å². The Balaban J connectivity index is 1.58. The Bertz CT molecular complexity index is 282. The van der Waals surface area contributed by atoms with Gasteiger partial charge in [0.05, 0.1) is 0 Å². The Labute approximate surface area is 128 Å². The lowest BCUT2D eigenvalue weighted by molar-refractivity contribution is 0.289. The van der Waals surface area contributed by atoms with E-state index in [-0.39, 0.29) is 0 Å². The molecular formula is C15H30N4S. The summed E-state index contributed by atoms with van der Waals surface area (Å²) < 4.78 is 0. The predicted octanol–water partition coefficient (Wildman–Crippen LogP) is 1.92. The van der Waals surface area contributed by atoms with E-state index in [4.69, 9.17) is 0 Å². The molecule has 0 saturated carbocycles. The van der Waals surface area contributed by atoms with Gasteiger partial charge in [-0.1, -0.05) is 12.8 Å². The van der Waals surface area contributed by atoms with E-state index < -0.39 is 0 Å². The number of rotatable bonds is 5. The van der Waals surface area contributed by atoms with Crippen molar-refractivity contribution in [2.24, 2.45) is 4.99 Å². The molecule has 0 aromatic carbocycles. The first kappa shape index (κ1) is 16.0. The molecule has 0 spiro atoms. The van der Waals surface area contributed by atoms with E-state index in [1.165, 1.54) is 57.4 Å². The largest absolute Gasteiger partial charge is 0.355 e. The number of aliphatic imine (C=N–C) groups is 1. The minimum atomic E-state index is 0.777. The maximum atomic E-state index is 4.32. The third-order valence-corrected chi connectivity index (χ3v) is 5.56. The summed E-state index contributed by atoms with van der Waals surface area (Å²) in [5, 5.41) is 7.69. The van der Waals surface area contributed by atoms with Crippen LogP contribution in [0.2, 0.25) is 0 Å². The Morgan fingerprint density at radius 3 is 2.60 bits per heavy atom. The second-order valence-electron chi connectivity index (χ2n) is 5.77. The van der Waals surface area contributed by atoms with Crippen LogP contribution in [0.4, 0.5) is 0 Å². The molecule has 0 aromatic rings. The molecule has 0 bridgehead atoms. The van der Waals surface area contributed by atoms with Gasteiger partial charge < -0.3 is 15.5 Å². The zero-order valence-electron chi connectivity index (χ0n) is 12.9. The van der Waals surface area contributed by atoms with Gasteiger partial charge in [-0.25, -0.2) is 0 Å². The minimum absolute atomic E-state index is 0.777. The molecule has 20 heavy (non-hydrogen) atoms. The van der Waals surface area contributed by atoms with Crippen molar-refractivity contribution in [3.63, 3.8) is 0 Å². The van der Waals surface area contributed by atoms with Gasteiger partial charge in [-0.05, 0) is 44.5 Å². The van der Waals surface area contributed by atoms with E-state index in [0.717, 1.165) is 30.8 Å². The highest BCUT2D eigenvalue weighted by Crippen LogP contribution is 2.25. The van der Waals surface area contributed by atoms with Gasteiger partial charge in [-0.2, -0.15) is 11.8 Å². The molecule has 2 heterocycles. The molecule has 0 amide bonds. The van der Waals surface area contributed by atoms with Crippen molar-refractivity contribution >= 4 is 17.7 Å². The zero-order valence-corrected chi connectivity index (χ0v) is 13.7. The smallest absolute Gasteiger partial charge is 0.191 e. The average Bonchev–Trinajstić information content (AvgIpc) is 2.85. The first-order valence-corrected chi connectivity index (χ1v) is 9.22. The fourth-order valence-electron chi connectivity index (χ4n) is 2.93. The predicted molar refractivity (Wildman–Crippen MR) is 89.8 cm³/mol. The van der Waals surface area contributed by atoms with Crippen molar-refractivity contribution in [3.05, 3.63) is 0 Å². The number of guanidine groups is 1. The van der Waals surface area contributed by atoms with Crippen molar-refractivity contribution in [1.29, 1.82) is 0 Å². The van der Waals surface area contributed by atoms with Gasteiger partial charge in [0, 0.05) is 31.9 Å². The fourth-order valence-corrected chi connectivity index (χ4v) is 4.13. The Hall–Kier alpha value is -0.420. The topological polar surface area (TPSA) is 39.7 Å². The molecule has 2 fully saturated rings. The number of nitrogens with one attached hydrogen (secondary N) is 2. The van der Waals surface area contributed by atoms with Crippen LogP contribution in [0.5, 0.6) is 0 Å². The summed E-state index contributed by atoms with van der Waals surface area (Å²) in [4.78, 5) is 6.90. The third-order valence-electron chi connectivity index (χ3n) is 4.16. The Morgan fingerprint density at radius 2 is 1.95 bits per heavy atom. The lowest BCUT2D eigenvalue weighted by Gasteiger charge is -2.21. The summed E-state index contributed by atoms with van der Waals surface area (Å²) in [5.74, 6) is 2.29. The highest BCUT2D eigenvalue weighted by molar-refractivity contribution is 8.00. The molecule has 5 heteroatoms. The van der Waals surface area contributed by atoms with Gasteiger partial charge in [-0.3, -0.25) is 4.99 Å². The second-order valence-corrected chi connectivity index (χ2v) is 7.18. The van der Waals surface area contributed by atoms with Crippen molar-refractivity contribution in [2.45, 2.75) is 43.8 Å². The van der Waals surface area contributed by atoms with Crippen LogP contribution < -0.4 is 10.6 Å². The normalized spacial score (nSPS) is 25.4. The number of nitrogens with zero attached hydrogens (tertiary/aromatic N) is 2. The van der Waals surface area contributed by atoms with Gasteiger partial charge >= 0.3 is 0 Å². The zero-order chi connectivity index (χ0) is 14.0. The molecule has 0 aliphatic carbocycles. The van der Waals surface area contributed by atoms with Gasteiger partial charge in [0.15, 0.2) is 5.96 Å². The van der Waals surface area contributed by atoms with Crippen molar-refractivity contribution < 1.29 is 0 Å². The molecule has 0 radical (unpaired) electrons. The van der Waals surface area contributed by atoms with Crippen LogP contribution in [0.15, 0.2) is 4.99 Å². The summed E-state index contributed by atoms with van der Waals surface area (Å²) in [5.41, 5.74) is 0. The maximum absolute atomic E-state index is 4.32. The molecule has 0 aromatic heterocycles. The van der Waals surface area contributed by atoms with E-state index in [2.05, 4.69) is 32.3 Å². The molecule has 2 rings (SSSR count). The van der Waals surface area contributed by atoms with Crippen LogP contribution in [0.1, 0.15) is 38.5 Å². The second kappa shape index (κ2) is 9.50. The standard InChI is InChI=1S/C15H30N4S/c1-16-15(18-13-14-7-6-12-20-14)17-8-11-19-9-4-2-3-5-10-19/h14H,2-13H2,1H3,(H2,16,17,18). The quantitative estimate of drug-likeness (QED) is 0.601. The van der Waals surface area contributed by atoms with Crippen LogP contribution >= 0.6 is 11.8 Å². The summed E-state index contributed by atoms with van der Waals surface area (Å²) >= 11 is 2.09. The van der Waals surface area contributed by atoms with Crippen LogP contribution in [0, 0.1) is 0 Å². The molecule has 2 aliphatic heterocycles. The summed E-state index contributed by atoms with van der Waals surface area (Å²) in [7, 11) is 1.86. The van der Waals surface area contributed by atoms with Crippen LogP contribution in [0.3, 0.4) is 0 Å². The highest BCUT2D eigenvalue weighted by atomic mass is 32.2. The van der Waals surface area contributed by atoms with Crippen molar-refractivity contribution in [2.75, 3.05) is 45.5 Å². The molecule has 1 atom stereocenters. The Morgan fingerprint density at radius 1 is 1.15 bits per heavy atom. The van der Waals surface area contributed by atoms with Gasteiger partial charge in [0.25, 0.3) is 0 Å². The minimum Gasteiger partial charge on any atom is -0.355 e. The molecule has 2 N–H and O–H groups in total. The van der Waals surface area contributed by atoms with Crippen LogP contribution in [-0.4, -0.2) is 61.6 Å². The summed E-state index contributed by atoms with van der Waals surface area (Å²) in [6, 6.07) is 0. The molecule has 116 valence electrons. The maximum Gasteiger partial charge on any atom is 0.191 e. The fraction of sp³-hybridized carbons (Fsp3) is 0.933. The number of likely N-dealkylation sites (tertiary alicyclic amines) is 1. The van der Waals surface area contributed by atoms with E-state index >= 15 is 0 Å². The van der Waals surface area contributed by atoms with Gasteiger partial charge in [0.1, 0.15) is 0 Å². The average molecular weight is 298 g/mol.